The number of nitrogens with zero attached hydrogens (tertiary/aromatic N) is 2. The molecule has 0 atom stereocenters. The van der Waals surface area contributed by atoms with Crippen LogP contribution in [-0.2, 0) is 6.42 Å². The van der Waals surface area contributed by atoms with Gasteiger partial charge in [0.15, 0.2) is 0 Å². The Kier molecular flexibility index (Phi) is 3.81. The molecule has 1 aromatic heterocycles. The highest BCUT2D eigenvalue weighted by Crippen LogP contribution is 2.39. The Balaban J connectivity index is 1.88. The second-order valence-electron chi connectivity index (χ2n) is 5.04. The van der Waals surface area contributed by atoms with Crippen LogP contribution in [0, 0.1) is 0 Å². The Morgan fingerprint density at radius 3 is 2.60 bits per heavy atom. The molecule has 1 N–H and O–H groups in total. The van der Waals surface area contributed by atoms with Crippen LogP contribution in [0.4, 0.5) is 5.82 Å². The van der Waals surface area contributed by atoms with Crippen LogP contribution in [0.25, 0.3) is 0 Å². The van der Waals surface area contributed by atoms with Crippen molar-refractivity contribution in [2.75, 3.05) is 12.4 Å². The summed E-state index contributed by atoms with van der Waals surface area (Å²) in [6, 6.07) is 7.68. The van der Waals surface area contributed by atoms with E-state index in [1.54, 1.807) is 0 Å². The summed E-state index contributed by atoms with van der Waals surface area (Å²) < 4.78 is 0. The molecule has 5 heteroatoms. The molecular weight excluding hydrogens is 293 g/mol. The van der Waals surface area contributed by atoms with Crippen molar-refractivity contribution in [3.05, 3.63) is 51.4 Å². The molecule has 0 unspecified atom stereocenters. The van der Waals surface area contributed by atoms with Gasteiger partial charge in [0.1, 0.15) is 11.6 Å². The van der Waals surface area contributed by atoms with Crippen LogP contribution in [0.15, 0.2) is 24.3 Å². The van der Waals surface area contributed by atoms with E-state index in [-0.39, 0.29) is 0 Å². The SMILES string of the molecule is CNc1cc(C2CC2)nc(Cc2ccc(Cl)c(Cl)c2)n1. The fourth-order valence-electron chi connectivity index (χ4n) is 2.15. The van der Waals surface area contributed by atoms with E-state index in [0.717, 1.165) is 22.9 Å². The number of rotatable bonds is 4. The van der Waals surface area contributed by atoms with Crippen LogP contribution >= 0.6 is 23.2 Å². The Labute approximate surface area is 128 Å². The van der Waals surface area contributed by atoms with E-state index < -0.39 is 0 Å². The summed E-state index contributed by atoms with van der Waals surface area (Å²) in [5.74, 6) is 2.30. The lowest BCUT2D eigenvalue weighted by atomic mass is 10.1. The number of hydrogen-bond donors (Lipinski definition) is 1. The molecule has 1 fully saturated rings. The number of halogens is 2. The van der Waals surface area contributed by atoms with Gasteiger partial charge in [-0.3, -0.25) is 0 Å². The summed E-state index contributed by atoms with van der Waals surface area (Å²) in [4.78, 5) is 9.17. The van der Waals surface area contributed by atoms with Gasteiger partial charge >= 0.3 is 0 Å². The second kappa shape index (κ2) is 5.58. The highest BCUT2D eigenvalue weighted by Gasteiger charge is 2.26. The minimum absolute atomic E-state index is 0.566. The highest BCUT2D eigenvalue weighted by molar-refractivity contribution is 6.42. The van der Waals surface area contributed by atoms with Gasteiger partial charge in [-0.05, 0) is 30.5 Å². The molecular formula is C15H15Cl2N3. The molecule has 0 saturated heterocycles. The number of nitrogens with one attached hydrogen (secondary N) is 1. The molecule has 1 aliphatic rings. The molecule has 20 heavy (non-hydrogen) atoms. The maximum atomic E-state index is 6.05. The zero-order valence-corrected chi connectivity index (χ0v) is 12.7. The van der Waals surface area contributed by atoms with Crippen LogP contribution < -0.4 is 5.32 Å². The molecule has 0 radical (unpaired) electrons. The van der Waals surface area contributed by atoms with Crippen molar-refractivity contribution in [2.45, 2.75) is 25.2 Å². The fourth-order valence-corrected chi connectivity index (χ4v) is 2.47. The monoisotopic (exact) mass is 307 g/mol. The minimum atomic E-state index is 0.566. The summed E-state index contributed by atoms with van der Waals surface area (Å²) in [5, 5.41) is 4.23. The Morgan fingerprint density at radius 1 is 1.15 bits per heavy atom. The van der Waals surface area contributed by atoms with Gasteiger partial charge in [-0.1, -0.05) is 29.3 Å². The topological polar surface area (TPSA) is 37.8 Å². The smallest absolute Gasteiger partial charge is 0.135 e. The predicted molar refractivity (Wildman–Crippen MR) is 82.8 cm³/mol. The third-order valence-electron chi connectivity index (χ3n) is 3.39. The third-order valence-corrected chi connectivity index (χ3v) is 4.13. The largest absolute Gasteiger partial charge is 0.373 e. The Bertz CT molecular complexity index is 639. The molecule has 0 amide bonds. The lowest BCUT2D eigenvalue weighted by Crippen LogP contribution is -2.04. The standard InChI is InChI=1S/C15H15Cl2N3/c1-18-14-8-13(10-3-4-10)19-15(20-14)7-9-2-5-11(16)12(17)6-9/h2,5-6,8,10H,3-4,7H2,1H3,(H,18,19,20). The number of hydrogen-bond acceptors (Lipinski definition) is 3. The van der Waals surface area contributed by atoms with Crippen molar-refractivity contribution in [3.8, 4) is 0 Å². The number of aromatic nitrogens is 2. The minimum Gasteiger partial charge on any atom is -0.373 e. The van der Waals surface area contributed by atoms with Crippen LogP contribution in [0.5, 0.6) is 0 Å². The van der Waals surface area contributed by atoms with Gasteiger partial charge in [-0.15, -0.1) is 0 Å². The van der Waals surface area contributed by atoms with Crippen molar-refractivity contribution in [1.82, 2.24) is 9.97 Å². The average molecular weight is 308 g/mol. The first kappa shape index (κ1) is 13.7. The van der Waals surface area contributed by atoms with Crippen molar-refractivity contribution >= 4 is 29.0 Å². The summed E-state index contributed by atoms with van der Waals surface area (Å²) in [6.45, 7) is 0. The first-order chi connectivity index (χ1) is 9.65. The van der Waals surface area contributed by atoms with E-state index in [2.05, 4.69) is 15.3 Å². The van der Waals surface area contributed by atoms with Crippen molar-refractivity contribution in [1.29, 1.82) is 0 Å². The molecule has 1 heterocycles. The summed E-state index contributed by atoms with van der Waals surface area (Å²) in [5.41, 5.74) is 2.20. The molecule has 2 aromatic rings. The van der Waals surface area contributed by atoms with Crippen molar-refractivity contribution < 1.29 is 0 Å². The lowest BCUT2D eigenvalue weighted by Gasteiger charge is -2.08. The van der Waals surface area contributed by atoms with Gasteiger partial charge in [-0.25, -0.2) is 9.97 Å². The van der Waals surface area contributed by atoms with Gasteiger partial charge in [0, 0.05) is 31.1 Å². The van der Waals surface area contributed by atoms with Crippen LogP contribution in [0.1, 0.15) is 35.8 Å². The molecule has 0 aliphatic heterocycles. The second-order valence-corrected chi connectivity index (χ2v) is 5.86. The zero-order chi connectivity index (χ0) is 14.1. The first-order valence-corrected chi connectivity index (χ1v) is 7.41. The maximum Gasteiger partial charge on any atom is 0.135 e. The normalized spacial score (nSPS) is 14.3. The fraction of sp³-hybridized carbons (Fsp3) is 0.333. The summed E-state index contributed by atoms with van der Waals surface area (Å²) in [6.07, 6.45) is 3.12. The highest BCUT2D eigenvalue weighted by atomic mass is 35.5. The van der Waals surface area contributed by atoms with E-state index >= 15 is 0 Å². The van der Waals surface area contributed by atoms with E-state index in [0.29, 0.717) is 22.4 Å². The Morgan fingerprint density at radius 2 is 1.95 bits per heavy atom. The van der Waals surface area contributed by atoms with Gasteiger partial charge in [0.2, 0.25) is 0 Å². The average Bonchev–Trinajstić information content (AvgIpc) is 3.27. The van der Waals surface area contributed by atoms with E-state index in [1.165, 1.54) is 12.8 Å². The van der Waals surface area contributed by atoms with Crippen LogP contribution in [0.2, 0.25) is 10.0 Å². The number of benzene rings is 1. The van der Waals surface area contributed by atoms with E-state index in [9.17, 15) is 0 Å². The lowest BCUT2D eigenvalue weighted by molar-refractivity contribution is 0.901. The molecule has 3 nitrogen and oxygen atoms in total. The van der Waals surface area contributed by atoms with Crippen molar-refractivity contribution in [2.24, 2.45) is 0 Å². The molecule has 1 aliphatic carbocycles. The van der Waals surface area contributed by atoms with Gasteiger partial charge in [0.05, 0.1) is 10.0 Å². The van der Waals surface area contributed by atoms with Gasteiger partial charge in [0.25, 0.3) is 0 Å². The molecule has 3 rings (SSSR count). The Hall–Kier alpha value is -1.32. The molecule has 0 spiro atoms. The van der Waals surface area contributed by atoms with Crippen LogP contribution in [-0.4, -0.2) is 17.0 Å². The van der Waals surface area contributed by atoms with Crippen molar-refractivity contribution in [3.63, 3.8) is 0 Å². The summed E-state index contributed by atoms with van der Waals surface area (Å²) in [7, 11) is 1.88. The molecule has 0 bridgehead atoms. The third kappa shape index (κ3) is 3.05. The molecule has 1 saturated carbocycles. The zero-order valence-electron chi connectivity index (χ0n) is 11.2. The first-order valence-electron chi connectivity index (χ1n) is 6.65. The number of anilines is 1. The quantitative estimate of drug-likeness (QED) is 0.915. The predicted octanol–water partition coefficient (Wildman–Crippen LogP) is 4.29. The molecule has 104 valence electrons. The summed E-state index contributed by atoms with van der Waals surface area (Å²) >= 11 is 12.0. The molecule has 1 aromatic carbocycles. The van der Waals surface area contributed by atoms with Gasteiger partial charge in [-0.2, -0.15) is 0 Å². The van der Waals surface area contributed by atoms with Gasteiger partial charge < -0.3 is 5.32 Å². The van der Waals surface area contributed by atoms with E-state index in [4.69, 9.17) is 23.2 Å². The maximum absolute atomic E-state index is 6.05. The van der Waals surface area contributed by atoms with Crippen LogP contribution in [0.3, 0.4) is 0 Å². The van der Waals surface area contributed by atoms with E-state index in [1.807, 2.05) is 31.3 Å².